The average molecular weight is 356 g/mol. The molecule has 4 nitrogen and oxygen atoms in total. The fourth-order valence-corrected chi connectivity index (χ4v) is 3.31. The molecule has 0 saturated carbocycles. The molecule has 27 heavy (non-hydrogen) atoms. The first-order chi connectivity index (χ1) is 13.2. The third kappa shape index (κ3) is 3.27. The Morgan fingerprint density at radius 2 is 1.93 bits per heavy atom. The molecule has 2 aromatic carbocycles. The van der Waals surface area contributed by atoms with Crippen LogP contribution in [-0.4, -0.2) is 22.4 Å². The van der Waals surface area contributed by atoms with Gasteiger partial charge in [0.15, 0.2) is 11.5 Å². The molecule has 1 atom stereocenters. The molecule has 0 N–H and O–H groups in total. The van der Waals surface area contributed by atoms with Crippen molar-refractivity contribution in [2.75, 3.05) is 7.11 Å². The number of para-hydroxylation sites is 2. The summed E-state index contributed by atoms with van der Waals surface area (Å²) in [6.07, 6.45) is 12.0. The number of fused-ring (bicyclic) bond motifs is 1. The second-order valence-electron chi connectivity index (χ2n) is 6.46. The van der Waals surface area contributed by atoms with Crippen molar-refractivity contribution in [1.29, 1.82) is 0 Å². The number of ketones is 1. The Morgan fingerprint density at radius 1 is 1.15 bits per heavy atom. The molecule has 1 aliphatic carbocycles. The summed E-state index contributed by atoms with van der Waals surface area (Å²) in [6, 6.07) is 17.3. The van der Waals surface area contributed by atoms with Crippen molar-refractivity contribution in [3.8, 4) is 0 Å². The van der Waals surface area contributed by atoms with Gasteiger partial charge in [0.2, 0.25) is 0 Å². The number of hydrogen-bond acceptors (Lipinski definition) is 3. The van der Waals surface area contributed by atoms with Gasteiger partial charge in [0.05, 0.1) is 17.4 Å². The van der Waals surface area contributed by atoms with Crippen LogP contribution in [0.2, 0.25) is 0 Å². The lowest BCUT2D eigenvalue weighted by Gasteiger charge is -2.32. The molecule has 1 aromatic heterocycles. The van der Waals surface area contributed by atoms with Crippen molar-refractivity contribution in [3.63, 3.8) is 0 Å². The van der Waals surface area contributed by atoms with Gasteiger partial charge in [0.25, 0.3) is 0 Å². The Morgan fingerprint density at radius 3 is 2.67 bits per heavy atom. The lowest BCUT2D eigenvalue weighted by atomic mass is 9.98. The van der Waals surface area contributed by atoms with Gasteiger partial charge >= 0.3 is 0 Å². The summed E-state index contributed by atoms with van der Waals surface area (Å²) in [5.41, 5.74) is 3.01. The molecule has 0 amide bonds. The Kier molecular flexibility index (Phi) is 4.57. The number of carbonyl (C=O) groups excluding carboxylic acids is 1. The summed E-state index contributed by atoms with van der Waals surface area (Å²) in [4.78, 5) is 16.7. The number of nitrogens with zero attached hydrogens (tertiary/aromatic N) is 2. The van der Waals surface area contributed by atoms with E-state index in [4.69, 9.17) is 4.74 Å². The highest BCUT2D eigenvalue weighted by Crippen LogP contribution is 2.32. The quantitative estimate of drug-likeness (QED) is 0.493. The third-order valence-electron chi connectivity index (χ3n) is 4.87. The Bertz CT molecular complexity index is 1060. The lowest BCUT2D eigenvalue weighted by molar-refractivity contribution is -0.0297. The molecule has 0 saturated heterocycles. The van der Waals surface area contributed by atoms with Gasteiger partial charge in [-0.25, -0.2) is 4.98 Å². The molecular formula is C23H20N2O2. The van der Waals surface area contributed by atoms with E-state index in [1.807, 2.05) is 83.7 Å². The second kappa shape index (κ2) is 7.17. The van der Waals surface area contributed by atoms with E-state index in [2.05, 4.69) is 11.1 Å². The Balaban J connectivity index is 1.56. The van der Waals surface area contributed by atoms with Gasteiger partial charge in [-0.3, -0.25) is 9.36 Å². The summed E-state index contributed by atoms with van der Waals surface area (Å²) in [6.45, 7) is 0. The van der Waals surface area contributed by atoms with Crippen LogP contribution >= 0.6 is 0 Å². The van der Waals surface area contributed by atoms with Gasteiger partial charge in [-0.2, -0.15) is 0 Å². The van der Waals surface area contributed by atoms with Gasteiger partial charge in [0.1, 0.15) is 0 Å². The van der Waals surface area contributed by atoms with E-state index in [1.54, 1.807) is 13.2 Å². The SMILES string of the molecule is COC1(n2cnc3ccccc32)C=CC(C=CC(=O)c2ccccc2)=CC1. The van der Waals surface area contributed by atoms with Crippen molar-refractivity contribution in [2.45, 2.75) is 12.1 Å². The van der Waals surface area contributed by atoms with Crippen LogP contribution in [-0.2, 0) is 10.5 Å². The van der Waals surface area contributed by atoms with Crippen molar-refractivity contribution < 1.29 is 9.53 Å². The molecule has 0 fully saturated rings. The van der Waals surface area contributed by atoms with Gasteiger partial charge < -0.3 is 4.74 Å². The molecule has 0 spiro atoms. The smallest absolute Gasteiger partial charge is 0.185 e. The highest BCUT2D eigenvalue weighted by Gasteiger charge is 2.31. The lowest BCUT2D eigenvalue weighted by Crippen LogP contribution is -2.33. The van der Waals surface area contributed by atoms with Crippen LogP contribution in [0.3, 0.4) is 0 Å². The monoisotopic (exact) mass is 356 g/mol. The maximum absolute atomic E-state index is 12.2. The fourth-order valence-electron chi connectivity index (χ4n) is 3.31. The molecule has 1 unspecified atom stereocenters. The highest BCUT2D eigenvalue weighted by atomic mass is 16.5. The van der Waals surface area contributed by atoms with Crippen LogP contribution in [0.1, 0.15) is 16.8 Å². The summed E-state index contributed by atoms with van der Waals surface area (Å²) in [7, 11) is 1.70. The number of aromatic nitrogens is 2. The number of ether oxygens (including phenoxy) is 1. The molecule has 0 bridgehead atoms. The van der Waals surface area contributed by atoms with Crippen molar-refractivity contribution in [3.05, 3.63) is 102 Å². The molecule has 4 rings (SSSR count). The first-order valence-electron chi connectivity index (χ1n) is 8.86. The van der Waals surface area contributed by atoms with Crippen molar-refractivity contribution in [2.24, 2.45) is 0 Å². The summed E-state index contributed by atoms with van der Waals surface area (Å²) in [5, 5.41) is 0. The maximum atomic E-state index is 12.2. The van der Waals surface area contributed by atoms with E-state index in [9.17, 15) is 4.79 Å². The summed E-state index contributed by atoms with van der Waals surface area (Å²) >= 11 is 0. The van der Waals surface area contributed by atoms with E-state index >= 15 is 0 Å². The zero-order valence-electron chi connectivity index (χ0n) is 15.1. The zero-order valence-corrected chi connectivity index (χ0v) is 15.1. The number of allylic oxidation sites excluding steroid dienone is 4. The Labute approximate surface area is 158 Å². The van der Waals surface area contributed by atoms with Gasteiger partial charge in [-0.1, -0.05) is 60.7 Å². The van der Waals surface area contributed by atoms with Crippen molar-refractivity contribution in [1.82, 2.24) is 9.55 Å². The van der Waals surface area contributed by atoms with Crippen LogP contribution < -0.4 is 0 Å². The minimum Gasteiger partial charge on any atom is -0.354 e. The van der Waals surface area contributed by atoms with Crippen LogP contribution in [0, 0.1) is 0 Å². The molecule has 1 aliphatic rings. The first kappa shape index (κ1) is 17.2. The fraction of sp³-hybridized carbons (Fsp3) is 0.130. The Hall–Kier alpha value is -3.24. The molecule has 134 valence electrons. The topological polar surface area (TPSA) is 44.1 Å². The van der Waals surface area contributed by atoms with Crippen molar-refractivity contribution >= 4 is 16.8 Å². The molecule has 1 heterocycles. The van der Waals surface area contributed by atoms with Gasteiger partial charge in [-0.05, 0) is 29.9 Å². The normalized spacial score (nSPS) is 19.5. The largest absolute Gasteiger partial charge is 0.354 e. The minimum absolute atomic E-state index is 0.00548. The molecular weight excluding hydrogens is 336 g/mol. The van der Waals surface area contributed by atoms with Crippen LogP contribution in [0.25, 0.3) is 11.0 Å². The van der Waals surface area contributed by atoms with E-state index in [0.29, 0.717) is 12.0 Å². The molecule has 0 radical (unpaired) electrons. The number of hydrogen-bond donors (Lipinski definition) is 0. The predicted molar refractivity (Wildman–Crippen MR) is 106 cm³/mol. The van der Waals surface area contributed by atoms with Gasteiger partial charge in [0, 0.05) is 19.1 Å². The van der Waals surface area contributed by atoms with E-state index in [1.165, 1.54) is 0 Å². The van der Waals surface area contributed by atoms with Crippen LogP contribution in [0.15, 0.2) is 96.9 Å². The standard InChI is InChI=1S/C23H20N2O2/c1-27-23(25-17-24-20-9-5-6-10-21(20)25)15-13-18(14-16-23)11-12-22(26)19-7-3-2-4-8-19/h2-15,17H,16H2,1H3. The number of rotatable bonds is 5. The highest BCUT2D eigenvalue weighted by molar-refractivity contribution is 6.04. The van der Waals surface area contributed by atoms with Crippen LogP contribution in [0.4, 0.5) is 0 Å². The van der Waals surface area contributed by atoms with E-state index in [0.717, 1.165) is 16.6 Å². The van der Waals surface area contributed by atoms with E-state index < -0.39 is 5.72 Å². The second-order valence-corrected chi connectivity index (χ2v) is 6.46. The van der Waals surface area contributed by atoms with E-state index in [-0.39, 0.29) is 5.78 Å². The minimum atomic E-state index is -0.614. The first-order valence-corrected chi connectivity index (χ1v) is 8.86. The predicted octanol–water partition coefficient (Wildman–Crippen LogP) is 4.66. The number of methoxy groups -OCH3 is 1. The summed E-state index contributed by atoms with van der Waals surface area (Å²) in [5.74, 6) is -0.00548. The number of imidazole rings is 1. The average Bonchev–Trinajstić information content (AvgIpc) is 3.18. The van der Waals surface area contributed by atoms with Gasteiger partial charge in [-0.15, -0.1) is 0 Å². The third-order valence-corrected chi connectivity index (χ3v) is 4.87. The maximum Gasteiger partial charge on any atom is 0.185 e. The molecule has 4 heteroatoms. The number of carbonyl (C=O) groups is 1. The zero-order chi connectivity index (χ0) is 18.7. The van der Waals surface area contributed by atoms with Crippen LogP contribution in [0.5, 0.6) is 0 Å². The summed E-state index contributed by atoms with van der Waals surface area (Å²) < 4.78 is 7.92. The molecule has 3 aromatic rings. The number of benzene rings is 2. The molecule has 0 aliphatic heterocycles.